The van der Waals surface area contributed by atoms with Gasteiger partial charge in [-0.1, -0.05) is 55.4 Å². The van der Waals surface area contributed by atoms with E-state index < -0.39 is 6.10 Å². The molecule has 32 heavy (non-hydrogen) atoms. The van der Waals surface area contributed by atoms with E-state index in [0.717, 1.165) is 5.92 Å². The van der Waals surface area contributed by atoms with Crippen LogP contribution in [0.5, 0.6) is 0 Å². The molecular formula is C30H50O2. The first-order chi connectivity index (χ1) is 14.6. The quantitative estimate of drug-likeness (QED) is 0.423. The number of carbonyl (C=O) groups excluding carboxylic acids is 1. The largest absolute Gasteiger partial charge is 0.385 e. The summed E-state index contributed by atoms with van der Waals surface area (Å²) in [5, 5.41) is 10.7. The molecule has 182 valence electrons. The van der Waals surface area contributed by atoms with Crippen LogP contribution in [-0.2, 0) is 4.79 Å². The van der Waals surface area contributed by atoms with Crippen molar-refractivity contribution >= 4 is 5.78 Å². The van der Waals surface area contributed by atoms with Crippen molar-refractivity contribution in [1.29, 1.82) is 0 Å². The summed E-state index contributed by atoms with van der Waals surface area (Å²) in [5.41, 5.74) is 2.07. The van der Waals surface area contributed by atoms with Crippen LogP contribution in [0.1, 0.15) is 120 Å². The maximum Gasteiger partial charge on any atom is 0.161 e. The Hall–Kier alpha value is -0.370. The first kappa shape index (κ1) is 23.4. The molecule has 0 spiro atoms. The van der Waals surface area contributed by atoms with Gasteiger partial charge in [0.1, 0.15) is 6.10 Å². The summed E-state index contributed by atoms with van der Waals surface area (Å²) in [7, 11) is 0. The van der Waals surface area contributed by atoms with Crippen LogP contribution in [0.4, 0.5) is 0 Å². The van der Waals surface area contributed by atoms with Crippen molar-refractivity contribution in [2.24, 2.45) is 56.2 Å². The van der Waals surface area contributed by atoms with Crippen LogP contribution < -0.4 is 0 Å². The average molecular weight is 443 g/mol. The highest BCUT2D eigenvalue weighted by Crippen LogP contribution is 2.78. The number of ketones is 1. The smallest absolute Gasteiger partial charge is 0.161 e. The second-order valence-corrected chi connectivity index (χ2v) is 15.5. The summed E-state index contributed by atoms with van der Waals surface area (Å²) in [4.78, 5) is 12.9. The van der Waals surface area contributed by atoms with E-state index in [1.165, 1.54) is 57.8 Å². The number of hydrogen-bond acceptors (Lipinski definition) is 2. The number of aliphatic hydroxyl groups is 1. The van der Waals surface area contributed by atoms with Crippen LogP contribution in [-0.4, -0.2) is 17.0 Å². The van der Waals surface area contributed by atoms with E-state index in [9.17, 15) is 9.90 Å². The lowest BCUT2D eigenvalue weighted by atomic mass is 9.30. The van der Waals surface area contributed by atoms with Gasteiger partial charge in [-0.3, -0.25) is 4.79 Å². The van der Waals surface area contributed by atoms with Crippen LogP contribution in [0.3, 0.4) is 0 Å². The van der Waals surface area contributed by atoms with Gasteiger partial charge in [0.2, 0.25) is 0 Å². The van der Waals surface area contributed by atoms with Gasteiger partial charge in [0.05, 0.1) is 0 Å². The monoisotopic (exact) mass is 442 g/mol. The third-order valence-corrected chi connectivity index (χ3v) is 13.8. The van der Waals surface area contributed by atoms with E-state index in [4.69, 9.17) is 0 Å². The highest BCUT2D eigenvalue weighted by Gasteiger charge is 2.71. The molecule has 0 amide bonds. The van der Waals surface area contributed by atoms with Crippen molar-refractivity contribution in [3.63, 3.8) is 0 Å². The highest BCUT2D eigenvalue weighted by atomic mass is 16.3. The van der Waals surface area contributed by atoms with E-state index in [1.54, 1.807) is 0 Å². The highest BCUT2D eigenvalue weighted by molar-refractivity contribution is 5.84. The predicted molar refractivity (Wildman–Crippen MR) is 131 cm³/mol. The standard InChI is InChI=1S/C30H50O2/c1-19-24(32)20(31)17-22-27(19,5)10-9-21-28(22,6)14-16-30(8)23-18-25(2,3)11-12-26(23,4)13-15-29(21,30)7/h19,21-24,32H,9-18H2,1-8H3/t19-,21-,22+,23+,24-,26+,27+,28+,29+,30-/m0/s1. The van der Waals surface area contributed by atoms with E-state index in [0.29, 0.717) is 39.9 Å². The topological polar surface area (TPSA) is 37.3 Å². The summed E-state index contributed by atoms with van der Waals surface area (Å²) >= 11 is 0. The molecule has 2 nitrogen and oxygen atoms in total. The van der Waals surface area contributed by atoms with Gasteiger partial charge in [0, 0.05) is 6.42 Å². The molecule has 0 radical (unpaired) electrons. The Morgan fingerprint density at radius 2 is 1.31 bits per heavy atom. The lowest BCUT2D eigenvalue weighted by Crippen LogP contribution is -2.68. The first-order valence-electron chi connectivity index (χ1n) is 13.8. The normalized spacial score (nSPS) is 59.4. The molecule has 2 heteroatoms. The van der Waals surface area contributed by atoms with Gasteiger partial charge in [0.25, 0.3) is 0 Å². The maximum atomic E-state index is 12.9. The first-order valence-corrected chi connectivity index (χ1v) is 13.8. The number of Topliss-reactive ketones (excluding diaryl/α,β-unsaturated/α-hetero) is 1. The molecule has 10 atom stereocenters. The van der Waals surface area contributed by atoms with Crippen molar-refractivity contribution in [2.75, 3.05) is 0 Å². The second-order valence-electron chi connectivity index (χ2n) is 15.5. The molecule has 5 aliphatic rings. The Kier molecular flexibility index (Phi) is 4.85. The summed E-state index contributed by atoms with van der Waals surface area (Å²) in [6.07, 6.45) is 11.9. The molecule has 5 rings (SSSR count). The number of fused-ring (bicyclic) bond motifs is 7. The fraction of sp³-hybridized carbons (Fsp3) is 0.967. The number of hydrogen-bond donors (Lipinski definition) is 1. The molecule has 5 aliphatic carbocycles. The van der Waals surface area contributed by atoms with E-state index in [-0.39, 0.29) is 22.5 Å². The molecule has 1 N–H and O–H groups in total. The molecule has 0 aromatic carbocycles. The fourth-order valence-corrected chi connectivity index (χ4v) is 11.1. The summed E-state index contributed by atoms with van der Waals surface area (Å²) in [5.74, 6) is 2.16. The fourth-order valence-electron chi connectivity index (χ4n) is 11.1. The maximum absolute atomic E-state index is 12.9. The molecule has 0 aromatic rings. The molecule has 5 saturated carbocycles. The third-order valence-electron chi connectivity index (χ3n) is 13.8. The Bertz CT molecular complexity index is 816. The second kappa shape index (κ2) is 6.64. The minimum Gasteiger partial charge on any atom is -0.385 e. The zero-order valence-corrected chi connectivity index (χ0v) is 22.3. The van der Waals surface area contributed by atoms with Gasteiger partial charge in [0.15, 0.2) is 5.78 Å². The molecule has 0 unspecified atom stereocenters. The van der Waals surface area contributed by atoms with Gasteiger partial charge in [-0.05, 0) is 114 Å². The SMILES string of the molecule is C[C@H]1[C@H](O)C(=O)C[C@@H]2[C@]1(C)CC[C@H]1[C@@]2(C)CC[C@@]2(C)[C@@H]3CC(C)(C)CC[C@]3(C)CC[C@]12C. The minimum atomic E-state index is -0.749. The molecule has 0 heterocycles. The molecule has 0 bridgehead atoms. The van der Waals surface area contributed by atoms with Gasteiger partial charge in [-0.15, -0.1) is 0 Å². The van der Waals surface area contributed by atoms with Gasteiger partial charge >= 0.3 is 0 Å². The van der Waals surface area contributed by atoms with E-state index >= 15 is 0 Å². The number of aliphatic hydroxyl groups excluding tert-OH is 1. The lowest BCUT2D eigenvalue weighted by Gasteiger charge is -2.75. The molecule has 0 aromatic heterocycles. The molecular weight excluding hydrogens is 392 g/mol. The van der Waals surface area contributed by atoms with Crippen LogP contribution >= 0.6 is 0 Å². The third kappa shape index (κ3) is 2.71. The van der Waals surface area contributed by atoms with Crippen molar-refractivity contribution in [3.8, 4) is 0 Å². The van der Waals surface area contributed by atoms with Gasteiger partial charge < -0.3 is 5.11 Å². The van der Waals surface area contributed by atoms with Crippen molar-refractivity contribution in [1.82, 2.24) is 0 Å². The Balaban J connectivity index is 1.55. The lowest BCUT2D eigenvalue weighted by molar-refractivity contribution is -0.260. The summed E-state index contributed by atoms with van der Waals surface area (Å²) in [6, 6.07) is 0. The number of rotatable bonds is 0. The van der Waals surface area contributed by atoms with Gasteiger partial charge in [-0.25, -0.2) is 0 Å². The molecule has 0 aliphatic heterocycles. The van der Waals surface area contributed by atoms with E-state index in [2.05, 4.69) is 55.4 Å². The molecule has 5 fully saturated rings. The van der Waals surface area contributed by atoms with E-state index in [1.807, 2.05) is 0 Å². The number of carbonyl (C=O) groups is 1. The van der Waals surface area contributed by atoms with Crippen molar-refractivity contribution < 1.29 is 9.90 Å². The average Bonchev–Trinajstić information content (AvgIpc) is 2.72. The zero-order chi connectivity index (χ0) is 23.5. The Morgan fingerprint density at radius 3 is 2.00 bits per heavy atom. The molecule has 0 saturated heterocycles. The van der Waals surface area contributed by atoms with Crippen LogP contribution in [0.25, 0.3) is 0 Å². The van der Waals surface area contributed by atoms with Crippen molar-refractivity contribution in [2.45, 2.75) is 126 Å². The van der Waals surface area contributed by atoms with Crippen molar-refractivity contribution in [3.05, 3.63) is 0 Å². The Morgan fingerprint density at radius 1 is 0.719 bits per heavy atom. The zero-order valence-electron chi connectivity index (χ0n) is 22.3. The predicted octanol–water partition coefficient (Wildman–Crippen LogP) is 7.43. The minimum absolute atomic E-state index is 0.0847. The van der Waals surface area contributed by atoms with Crippen LogP contribution in [0.2, 0.25) is 0 Å². The summed E-state index contributed by atoms with van der Waals surface area (Å²) < 4.78 is 0. The van der Waals surface area contributed by atoms with Gasteiger partial charge in [-0.2, -0.15) is 0 Å². The summed E-state index contributed by atoms with van der Waals surface area (Å²) in [6.45, 7) is 20.2. The van der Waals surface area contributed by atoms with Crippen LogP contribution in [0.15, 0.2) is 0 Å². The Labute approximate surface area is 197 Å². The van der Waals surface area contributed by atoms with Crippen LogP contribution in [0, 0.1) is 56.2 Å².